The van der Waals surface area contributed by atoms with E-state index in [-0.39, 0.29) is 0 Å². The summed E-state index contributed by atoms with van der Waals surface area (Å²) in [6.45, 7) is 2.68. The molecule has 0 aliphatic heterocycles. The molecule has 0 atom stereocenters. The lowest BCUT2D eigenvalue weighted by Crippen LogP contribution is -1.91. The molecule has 33 heavy (non-hydrogen) atoms. The Bertz CT molecular complexity index is 1120. The van der Waals surface area contributed by atoms with Gasteiger partial charge < -0.3 is 9.47 Å². The molecule has 4 rings (SSSR count). The Kier molecular flexibility index (Phi) is 9.58. The minimum Gasteiger partial charge on any atom is -0.496 e. The van der Waals surface area contributed by atoms with E-state index >= 15 is 0 Å². The van der Waals surface area contributed by atoms with Crippen molar-refractivity contribution in [2.24, 2.45) is 0 Å². The molecule has 4 aromatic rings. The molecule has 166 valence electrons. The van der Waals surface area contributed by atoms with Gasteiger partial charge in [0.25, 0.3) is 0 Å². The summed E-state index contributed by atoms with van der Waals surface area (Å²) in [5.74, 6) is 1.80. The molecule has 0 radical (unpaired) electrons. The highest BCUT2D eigenvalue weighted by Crippen LogP contribution is 2.19. The maximum absolute atomic E-state index is 5.69. The highest BCUT2D eigenvalue weighted by Gasteiger charge is 2.01. The third-order valence-electron chi connectivity index (χ3n) is 4.83. The van der Waals surface area contributed by atoms with Gasteiger partial charge in [-0.1, -0.05) is 121 Å². The van der Waals surface area contributed by atoms with Crippen LogP contribution in [-0.4, -0.2) is 13.7 Å². The molecule has 0 amide bonds. The summed E-state index contributed by atoms with van der Waals surface area (Å²) in [6, 6.07) is 40.6. The smallest absolute Gasteiger partial charge is 0.127 e. The van der Waals surface area contributed by atoms with E-state index in [0.29, 0.717) is 6.61 Å². The van der Waals surface area contributed by atoms with Crippen molar-refractivity contribution in [2.75, 3.05) is 13.7 Å². The summed E-state index contributed by atoms with van der Waals surface area (Å²) in [4.78, 5) is 0. The monoisotopic (exact) mass is 434 g/mol. The zero-order chi connectivity index (χ0) is 23.1. The number of methoxy groups -OCH3 is 1. The van der Waals surface area contributed by atoms with Crippen LogP contribution in [0.15, 0.2) is 121 Å². The first-order valence-electron chi connectivity index (χ1n) is 11.1. The molecule has 0 saturated carbocycles. The molecule has 0 fully saturated rings. The molecule has 0 spiro atoms. The molecule has 4 aromatic carbocycles. The fourth-order valence-electron chi connectivity index (χ4n) is 3.23. The Morgan fingerprint density at radius 1 is 0.545 bits per heavy atom. The van der Waals surface area contributed by atoms with Gasteiger partial charge in [0.2, 0.25) is 0 Å². The van der Waals surface area contributed by atoms with Crippen molar-refractivity contribution < 1.29 is 9.47 Å². The Labute approximate surface area is 197 Å². The maximum Gasteiger partial charge on any atom is 0.127 e. The number of rotatable bonds is 7. The third kappa shape index (κ3) is 7.86. The number of ether oxygens (including phenoxy) is 2. The molecular weight excluding hydrogens is 404 g/mol. The Morgan fingerprint density at radius 3 is 1.30 bits per heavy atom. The van der Waals surface area contributed by atoms with Crippen LogP contribution in [0.3, 0.4) is 0 Å². The predicted octanol–water partition coefficient (Wildman–Crippen LogP) is 8.05. The van der Waals surface area contributed by atoms with Gasteiger partial charge in [-0.15, -0.1) is 0 Å². The predicted molar refractivity (Wildman–Crippen MR) is 140 cm³/mol. The van der Waals surface area contributed by atoms with E-state index in [2.05, 4.69) is 42.5 Å². The summed E-state index contributed by atoms with van der Waals surface area (Å²) in [5, 5.41) is 0. The molecule has 2 nitrogen and oxygen atoms in total. The van der Waals surface area contributed by atoms with Crippen LogP contribution in [0.5, 0.6) is 0 Å². The van der Waals surface area contributed by atoms with Gasteiger partial charge in [-0.3, -0.25) is 0 Å². The van der Waals surface area contributed by atoms with E-state index in [4.69, 9.17) is 9.47 Å². The van der Waals surface area contributed by atoms with Crippen molar-refractivity contribution in [1.29, 1.82) is 0 Å². The van der Waals surface area contributed by atoms with Gasteiger partial charge in [0, 0.05) is 11.1 Å². The highest BCUT2D eigenvalue weighted by molar-refractivity contribution is 5.78. The van der Waals surface area contributed by atoms with Crippen LogP contribution in [0.25, 0.3) is 23.7 Å². The summed E-state index contributed by atoms with van der Waals surface area (Å²) in [7, 11) is 1.70. The molecule has 0 heterocycles. The van der Waals surface area contributed by atoms with E-state index in [9.17, 15) is 0 Å². The second kappa shape index (κ2) is 13.4. The zero-order valence-electron chi connectivity index (χ0n) is 19.2. The molecule has 2 heteroatoms. The van der Waals surface area contributed by atoms with Gasteiger partial charge in [-0.2, -0.15) is 0 Å². The Hall–Kier alpha value is -4.04. The van der Waals surface area contributed by atoms with Crippen molar-refractivity contribution in [3.63, 3.8) is 0 Å². The number of hydrogen-bond donors (Lipinski definition) is 0. The Morgan fingerprint density at radius 2 is 0.909 bits per heavy atom. The highest BCUT2D eigenvalue weighted by atomic mass is 16.5. The quantitative estimate of drug-likeness (QED) is 0.216. The zero-order valence-corrected chi connectivity index (χ0v) is 19.2. The summed E-state index contributed by atoms with van der Waals surface area (Å²) < 4.78 is 11.1. The summed E-state index contributed by atoms with van der Waals surface area (Å²) >= 11 is 0. The van der Waals surface area contributed by atoms with E-state index in [1.54, 1.807) is 7.11 Å². The molecule has 0 saturated heterocycles. The van der Waals surface area contributed by atoms with E-state index in [0.717, 1.165) is 33.8 Å². The van der Waals surface area contributed by atoms with Crippen LogP contribution in [-0.2, 0) is 9.47 Å². The van der Waals surface area contributed by atoms with Crippen molar-refractivity contribution in [2.45, 2.75) is 6.92 Å². The van der Waals surface area contributed by atoms with E-state index in [1.165, 1.54) is 0 Å². The van der Waals surface area contributed by atoms with Gasteiger partial charge in [-0.25, -0.2) is 0 Å². The second-order valence-electron chi connectivity index (χ2n) is 7.21. The lowest BCUT2D eigenvalue weighted by atomic mass is 10.1. The van der Waals surface area contributed by atoms with Crippen molar-refractivity contribution in [1.82, 2.24) is 0 Å². The van der Waals surface area contributed by atoms with E-state index in [1.807, 2.05) is 97.9 Å². The van der Waals surface area contributed by atoms with Crippen LogP contribution >= 0.6 is 0 Å². The third-order valence-corrected chi connectivity index (χ3v) is 4.83. The normalized spacial score (nSPS) is 11.2. The minimum atomic E-state index is 0.674. The number of hydrogen-bond acceptors (Lipinski definition) is 2. The lowest BCUT2D eigenvalue weighted by molar-refractivity contribution is 0.300. The summed E-state index contributed by atoms with van der Waals surface area (Å²) in [5.41, 5.74) is 4.50. The van der Waals surface area contributed by atoms with Crippen LogP contribution < -0.4 is 0 Å². The van der Waals surface area contributed by atoms with Gasteiger partial charge in [-0.05, 0) is 30.2 Å². The topological polar surface area (TPSA) is 18.5 Å². The average Bonchev–Trinajstić information content (AvgIpc) is 2.90. The fraction of sp³-hybridized carbons (Fsp3) is 0.0968. The standard InChI is InChI=1S/C16H16O.C15H14O/c1-2-17-16(15-11-7-4-8-12-15)13-14-9-5-3-6-10-14;1-16-15(14-10-6-3-7-11-14)12-13-8-4-2-5-9-13/h3-13H,2H2,1H3;2-12H,1H3/b16-13-;15-12-. The maximum atomic E-state index is 5.69. The van der Waals surface area contributed by atoms with Crippen molar-refractivity contribution >= 4 is 23.7 Å². The number of benzene rings is 4. The second-order valence-corrected chi connectivity index (χ2v) is 7.21. The molecule has 0 N–H and O–H groups in total. The van der Waals surface area contributed by atoms with Gasteiger partial charge >= 0.3 is 0 Å². The Balaban J connectivity index is 0.000000186. The van der Waals surface area contributed by atoms with Crippen molar-refractivity contribution in [3.8, 4) is 0 Å². The van der Waals surface area contributed by atoms with E-state index < -0.39 is 0 Å². The van der Waals surface area contributed by atoms with Crippen LogP contribution in [0.2, 0.25) is 0 Å². The van der Waals surface area contributed by atoms with Gasteiger partial charge in [0.1, 0.15) is 11.5 Å². The van der Waals surface area contributed by atoms with Crippen molar-refractivity contribution in [3.05, 3.63) is 144 Å². The summed E-state index contributed by atoms with van der Waals surface area (Å²) in [6.07, 6.45) is 4.11. The van der Waals surface area contributed by atoms with Gasteiger partial charge in [0.15, 0.2) is 0 Å². The first-order valence-corrected chi connectivity index (χ1v) is 11.1. The lowest BCUT2D eigenvalue weighted by Gasteiger charge is -2.08. The molecule has 0 aliphatic rings. The SMILES string of the molecule is CCO/C(=C\c1ccccc1)c1ccccc1.CO/C(=C\c1ccccc1)c1ccccc1. The fourth-order valence-corrected chi connectivity index (χ4v) is 3.23. The first kappa shape index (κ1) is 23.6. The average molecular weight is 435 g/mol. The van der Waals surface area contributed by atoms with Crippen LogP contribution in [0.1, 0.15) is 29.2 Å². The first-order chi connectivity index (χ1) is 16.3. The van der Waals surface area contributed by atoms with Gasteiger partial charge in [0.05, 0.1) is 13.7 Å². The minimum absolute atomic E-state index is 0.674. The molecule has 0 aromatic heterocycles. The largest absolute Gasteiger partial charge is 0.496 e. The molecule has 0 unspecified atom stereocenters. The molecular formula is C31H30O2. The molecule has 0 aliphatic carbocycles. The van der Waals surface area contributed by atoms with Crippen LogP contribution in [0.4, 0.5) is 0 Å². The molecule has 0 bridgehead atoms. The van der Waals surface area contributed by atoms with Crippen LogP contribution in [0, 0.1) is 0 Å².